The molecule has 0 saturated heterocycles. The zero-order valence-corrected chi connectivity index (χ0v) is 8.90. The summed E-state index contributed by atoms with van der Waals surface area (Å²) < 4.78 is 28.5. The molecule has 10 heavy (non-hydrogen) atoms. The zero-order valence-electron chi connectivity index (χ0n) is 6.08. The van der Waals surface area contributed by atoms with Crippen molar-refractivity contribution in [1.82, 2.24) is 0 Å². The number of rotatable bonds is 1. The van der Waals surface area contributed by atoms with E-state index in [9.17, 15) is 13.0 Å². The van der Waals surface area contributed by atoms with Crippen molar-refractivity contribution in [3.63, 3.8) is 0 Å². The summed E-state index contributed by atoms with van der Waals surface area (Å²) in [4.78, 5) is 0. The molecule has 0 aliphatic heterocycles. The normalized spacial score (nSPS) is 11.4. The molecule has 52 valence electrons. The van der Waals surface area contributed by atoms with Crippen LogP contribution in [0, 0.1) is 11.3 Å². The minimum Gasteiger partial charge on any atom is -0.747 e. The van der Waals surface area contributed by atoms with Crippen molar-refractivity contribution >= 4 is 10.1 Å². The van der Waals surface area contributed by atoms with Crippen molar-refractivity contribution in [1.29, 1.82) is 5.26 Å². The van der Waals surface area contributed by atoms with Gasteiger partial charge in [0.1, 0.15) is 14.9 Å². The molecule has 0 rings (SSSR count). The predicted molar refractivity (Wildman–Crippen MR) is 29.4 cm³/mol. The molecule has 4 nitrogen and oxygen atoms in total. The summed E-state index contributed by atoms with van der Waals surface area (Å²) in [5.41, 5.74) is 0. The molecule has 0 aliphatic rings. The molecule has 0 spiro atoms. The molecule has 0 atom stereocenters. The fourth-order valence-electron chi connectivity index (χ4n) is 0.0559. The van der Waals surface area contributed by atoms with Gasteiger partial charge in [0.05, 0.1) is 6.07 Å². The topological polar surface area (TPSA) is 81.0 Å². The van der Waals surface area contributed by atoms with Crippen LogP contribution in [0.5, 0.6) is 0 Å². The summed E-state index contributed by atoms with van der Waals surface area (Å²) >= 11 is 0. The molecule has 0 heterocycles. The van der Waals surface area contributed by atoms with Gasteiger partial charge >= 0.3 is 29.6 Å². The van der Waals surface area contributed by atoms with Gasteiger partial charge in [-0.3, -0.25) is 0 Å². The molecule has 0 bridgehead atoms. The van der Waals surface area contributed by atoms with Crippen LogP contribution in [0.2, 0.25) is 0 Å². The predicted octanol–water partition coefficient (Wildman–Crippen LogP) is -3.16. The number of nitriles is 1. The molecule has 0 aromatic carbocycles. The van der Waals surface area contributed by atoms with Gasteiger partial charge in [0.2, 0.25) is 0 Å². The first kappa shape index (κ1) is 13.0. The van der Waals surface area contributed by atoms with Crippen LogP contribution in [-0.4, -0.2) is 17.7 Å². The van der Waals surface area contributed by atoms with Gasteiger partial charge in [-0.25, -0.2) is 8.42 Å². The summed E-state index contributed by atoms with van der Waals surface area (Å²) in [6, 6.07) is 1.38. The van der Waals surface area contributed by atoms with E-state index in [1.807, 2.05) is 0 Å². The van der Waals surface area contributed by atoms with E-state index < -0.39 is 14.9 Å². The molecule has 0 unspecified atom stereocenters. The fourth-order valence-corrected chi connectivity index (χ4v) is 0.168. The monoisotopic (exact) mass is 171 g/mol. The maximum absolute atomic E-state index is 10.1. The molecular formula is C4H6NNaO3S. The van der Waals surface area contributed by atoms with Gasteiger partial charge in [0.15, 0.2) is 0 Å². The third kappa shape index (κ3) is 2.99. The van der Waals surface area contributed by atoms with Gasteiger partial charge in [-0.15, -0.1) is 0 Å². The molecule has 0 aliphatic carbocycles. The average molecular weight is 171 g/mol. The van der Waals surface area contributed by atoms with E-state index in [2.05, 4.69) is 0 Å². The van der Waals surface area contributed by atoms with Gasteiger partial charge in [-0.1, -0.05) is 0 Å². The van der Waals surface area contributed by atoms with Crippen molar-refractivity contribution in [3.05, 3.63) is 0 Å². The van der Waals surface area contributed by atoms with E-state index >= 15 is 0 Å². The minimum atomic E-state index is -4.46. The first-order valence-corrected chi connectivity index (χ1v) is 3.59. The Labute approximate surface area is 82.3 Å². The Kier molecular flexibility index (Phi) is 4.81. The second kappa shape index (κ2) is 3.69. The van der Waals surface area contributed by atoms with Crippen molar-refractivity contribution < 1.29 is 42.5 Å². The van der Waals surface area contributed by atoms with Crippen LogP contribution in [0.1, 0.15) is 13.8 Å². The smallest absolute Gasteiger partial charge is 0.747 e. The molecule has 0 aromatic heterocycles. The Morgan fingerprint density at radius 3 is 1.80 bits per heavy atom. The number of nitrogens with zero attached hydrogens (tertiary/aromatic N) is 1. The van der Waals surface area contributed by atoms with Crippen LogP contribution in [0.15, 0.2) is 0 Å². The van der Waals surface area contributed by atoms with Gasteiger partial charge in [-0.05, 0) is 13.8 Å². The number of hydrogen-bond donors (Lipinski definition) is 0. The molecule has 0 saturated carbocycles. The van der Waals surface area contributed by atoms with E-state index in [1.165, 1.54) is 6.07 Å². The Balaban J connectivity index is 0. The van der Waals surface area contributed by atoms with E-state index in [1.54, 1.807) is 0 Å². The second-order valence-corrected chi connectivity index (χ2v) is 4.01. The van der Waals surface area contributed by atoms with Crippen LogP contribution in [-0.2, 0) is 10.1 Å². The van der Waals surface area contributed by atoms with E-state index in [4.69, 9.17) is 5.26 Å². The van der Waals surface area contributed by atoms with Crippen molar-refractivity contribution in [2.24, 2.45) is 0 Å². The summed E-state index contributed by atoms with van der Waals surface area (Å²) in [6.45, 7) is 2.13. The molecule has 0 radical (unpaired) electrons. The summed E-state index contributed by atoms with van der Waals surface area (Å²) in [6.07, 6.45) is 0. The summed E-state index contributed by atoms with van der Waals surface area (Å²) in [5.74, 6) is 0. The third-order valence-electron chi connectivity index (χ3n) is 0.894. The number of hydrogen-bond acceptors (Lipinski definition) is 4. The summed E-state index contributed by atoms with van der Waals surface area (Å²) in [7, 11) is -4.46. The Morgan fingerprint density at radius 1 is 1.50 bits per heavy atom. The van der Waals surface area contributed by atoms with Crippen LogP contribution >= 0.6 is 0 Å². The van der Waals surface area contributed by atoms with Crippen molar-refractivity contribution in [2.75, 3.05) is 0 Å². The van der Waals surface area contributed by atoms with E-state index in [0.29, 0.717) is 0 Å². The van der Waals surface area contributed by atoms with Crippen molar-refractivity contribution in [2.45, 2.75) is 18.6 Å². The standard InChI is InChI=1S/C4H7NO3S.Na/c1-4(2,3-5)9(6,7)8;/h1-2H3,(H,6,7,8);/q;+1/p-1. The average Bonchev–Trinajstić information content (AvgIpc) is 1.64. The Hall–Kier alpha value is 0.400. The molecule has 0 fully saturated rings. The molecule has 6 heteroatoms. The first-order chi connectivity index (χ1) is 3.81. The van der Waals surface area contributed by atoms with Gasteiger partial charge in [0, 0.05) is 0 Å². The largest absolute Gasteiger partial charge is 1.00 e. The van der Waals surface area contributed by atoms with Gasteiger partial charge in [0.25, 0.3) is 0 Å². The van der Waals surface area contributed by atoms with Crippen LogP contribution < -0.4 is 29.6 Å². The first-order valence-electron chi connectivity index (χ1n) is 2.18. The van der Waals surface area contributed by atoms with E-state index in [-0.39, 0.29) is 29.6 Å². The third-order valence-corrected chi connectivity index (χ3v) is 2.24. The zero-order chi connectivity index (χ0) is 7.71. The second-order valence-electron chi connectivity index (χ2n) is 2.08. The Bertz CT molecular complexity index is 238. The van der Waals surface area contributed by atoms with E-state index in [0.717, 1.165) is 13.8 Å². The van der Waals surface area contributed by atoms with Crippen LogP contribution in [0.3, 0.4) is 0 Å². The minimum absolute atomic E-state index is 0. The van der Waals surface area contributed by atoms with Crippen LogP contribution in [0.4, 0.5) is 0 Å². The Morgan fingerprint density at radius 2 is 1.80 bits per heavy atom. The molecular weight excluding hydrogens is 165 g/mol. The maximum atomic E-state index is 10.1. The summed E-state index contributed by atoms with van der Waals surface area (Å²) in [5, 5.41) is 8.10. The molecule has 0 aromatic rings. The molecule has 0 amide bonds. The van der Waals surface area contributed by atoms with Crippen LogP contribution in [0.25, 0.3) is 0 Å². The van der Waals surface area contributed by atoms with Gasteiger partial charge in [-0.2, -0.15) is 5.26 Å². The SMILES string of the molecule is CC(C)(C#N)S(=O)(=O)[O-].[Na+]. The maximum Gasteiger partial charge on any atom is 1.00 e. The fraction of sp³-hybridized carbons (Fsp3) is 0.750. The molecule has 0 N–H and O–H groups in total. The van der Waals surface area contributed by atoms with Crippen molar-refractivity contribution in [3.8, 4) is 6.07 Å². The van der Waals surface area contributed by atoms with Gasteiger partial charge < -0.3 is 4.55 Å². The quantitative estimate of drug-likeness (QED) is 0.308.